The molecule has 0 aliphatic carbocycles. The van der Waals surface area contributed by atoms with Gasteiger partial charge in [-0.1, -0.05) is 35.9 Å². The molecular weight excluding hydrogens is 453 g/mol. The van der Waals surface area contributed by atoms with Gasteiger partial charge in [0.1, 0.15) is 18.2 Å². The van der Waals surface area contributed by atoms with Crippen LogP contribution < -0.4 is 9.64 Å². The van der Waals surface area contributed by atoms with Crippen molar-refractivity contribution in [1.82, 2.24) is 4.90 Å². The fraction of sp³-hybridized carbons (Fsp3) is 0.296. The average molecular weight is 480 g/mol. The minimum Gasteiger partial charge on any atom is -0.491 e. The Morgan fingerprint density at radius 1 is 1.12 bits per heavy atom. The molecule has 7 heteroatoms. The van der Waals surface area contributed by atoms with E-state index in [9.17, 15) is 4.39 Å². The molecule has 1 fully saturated rings. The van der Waals surface area contributed by atoms with Gasteiger partial charge in [-0.05, 0) is 54.4 Å². The Labute approximate surface area is 204 Å². The molecule has 1 aliphatic rings. The van der Waals surface area contributed by atoms with E-state index in [0.29, 0.717) is 16.3 Å². The molecule has 0 radical (unpaired) electrons. The van der Waals surface area contributed by atoms with Crippen molar-refractivity contribution in [2.45, 2.75) is 19.0 Å². The van der Waals surface area contributed by atoms with Crippen molar-refractivity contribution in [3.63, 3.8) is 0 Å². The first-order valence-corrected chi connectivity index (χ1v) is 11.7. The van der Waals surface area contributed by atoms with Gasteiger partial charge in [0, 0.05) is 31.7 Å². The zero-order valence-electron chi connectivity index (χ0n) is 19.0. The number of halogens is 2. The number of piperazine rings is 1. The van der Waals surface area contributed by atoms with Gasteiger partial charge in [-0.3, -0.25) is 4.90 Å². The first-order chi connectivity index (χ1) is 16.5. The Bertz CT molecular complexity index is 1150. The van der Waals surface area contributed by atoms with Crippen LogP contribution in [0.3, 0.4) is 0 Å². The molecule has 2 atom stereocenters. The summed E-state index contributed by atoms with van der Waals surface area (Å²) in [6, 6.07) is 22.2. The van der Waals surface area contributed by atoms with Crippen molar-refractivity contribution in [3.8, 4) is 11.8 Å². The molecule has 1 N–H and O–H groups in total. The number of aliphatic hydroxyl groups is 1. The number of ether oxygens (including phenoxy) is 1. The number of rotatable bonds is 7. The van der Waals surface area contributed by atoms with Crippen molar-refractivity contribution in [3.05, 3.63) is 94.3 Å². The summed E-state index contributed by atoms with van der Waals surface area (Å²) in [5.41, 5.74) is 3.69. The Morgan fingerprint density at radius 3 is 2.50 bits per heavy atom. The Hall–Kier alpha value is -3.11. The first-order valence-electron chi connectivity index (χ1n) is 11.3. The van der Waals surface area contributed by atoms with E-state index in [2.05, 4.69) is 22.8 Å². The lowest BCUT2D eigenvalue weighted by molar-refractivity contribution is 0.171. The second-order valence-corrected chi connectivity index (χ2v) is 8.76. The van der Waals surface area contributed by atoms with Crippen LogP contribution >= 0.6 is 11.6 Å². The molecule has 0 saturated carbocycles. The van der Waals surface area contributed by atoms with Gasteiger partial charge in [-0.2, -0.15) is 5.26 Å². The van der Waals surface area contributed by atoms with Crippen molar-refractivity contribution >= 4 is 17.3 Å². The topological polar surface area (TPSA) is 59.7 Å². The van der Waals surface area contributed by atoms with Gasteiger partial charge >= 0.3 is 0 Å². The molecular formula is C27H27ClFN3O2. The average Bonchev–Trinajstić information content (AvgIpc) is 2.87. The minimum atomic E-state index is -0.266. The van der Waals surface area contributed by atoms with Crippen molar-refractivity contribution in [2.75, 3.05) is 37.7 Å². The van der Waals surface area contributed by atoms with Crippen LogP contribution in [-0.2, 0) is 0 Å². The third kappa shape index (κ3) is 5.34. The number of nitriles is 1. The lowest BCUT2D eigenvalue weighted by Gasteiger charge is -2.45. The van der Waals surface area contributed by atoms with E-state index < -0.39 is 0 Å². The molecule has 1 heterocycles. The Morgan fingerprint density at radius 2 is 1.85 bits per heavy atom. The minimum absolute atomic E-state index is 0.0307. The van der Waals surface area contributed by atoms with Crippen LogP contribution in [0.1, 0.15) is 35.7 Å². The molecule has 176 valence electrons. The van der Waals surface area contributed by atoms with E-state index in [1.165, 1.54) is 12.1 Å². The van der Waals surface area contributed by atoms with Gasteiger partial charge < -0.3 is 14.7 Å². The van der Waals surface area contributed by atoms with Crippen LogP contribution in [0.15, 0.2) is 66.7 Å². The highest BCUT2D eigenvalue weighted by atomic mass is 35.5. The number of anilines is 1. The maximum Gasteiger partial charge on any atom is 0.123 e. The van der Waals surface area contributed by atoms with E-state index in [0.717, 1.165) is 36.4 Å². The third-order valence-corrected chi connectivity index (χ3v) is 6.63. The molecule has 0 aromatic heterocycles. The van der Waals surface area contributed by atoms with Gasteiger partial charge in [0.05, 0.1) is 35.0 Å². The Balaban J connectivity index is 1.61. The maximum absolute atomic E-state index is 13.7. The fourth-order valence-electron chi connectivity index (χ4n) is 4.44. The van der Waals surface area contributed by atoms with Crippen molar-refractivity contribution in [2.24, 2.45) is 0 Å². The van der Waals surface area contributed by atoms with Crippen LogP contribution in [0.4, 0.5) is 10.1 Å². The van der Waals surface area contributed by atoms with Crippen molar-refractivity contribution in [1.29, 1.82) is 5.26 Å². The first kappa shape index (κ1) is 24.0. The van der Waals surface area contributed by atoms with Gasteiger partial charge in [0.15, 0.2) is 0 Å². The summed E-state index contributed by atoms with van der Waals surface area (Å²) < 4.78 is 19.2. The van der Waals surface area contributed by atoms with E-state index in [4.69, 9.17) is 26.7 Å². The molecule has 0 bridgehead atoms. The summed E-state index contributed by atoms with van der Waals surface area (Å²) in [6.07, 6.45) is 0. The summed E-state index contributed by atoms with van der Waals surface area (Å²) in [6.45, 7) is 4.59. The SMILES string of the molecule is C[C@H](c1ccc(C#N)cc1)N1CCN(c2ccc(OCCO)cc2Cl)[C@H](c2ccc(F)cc2)C1. The van der Waals surface area contributed by atoms with Crippen LogP contribution in [0, 0.1) is 17.1 Å². The van der Waals surface area contributed by atoms with Gasteiger partial charge in [-0.15, -0.1) is 0 Å². The van der Waals surface area contributed by atoms with E-state index >= 15 is 0 Å². The summed E-state index contributed by atoms with van der Waals surface area (Å²) in [5, 5.41) is 18.7. The van der Waals surface area contributed by atoms with Gasteiger partial charge in [0.2, 0.25) is 0 Å². The summed E-state index contributed by atoms with van der Waals surface area (Å²) in [4.78, 5) is 4.66. The molecule has 3 aromatic carbocycles. The quantitative estimate of drug-likeness (QED) is 0.495. The van der Waals surface area contributed by atoms with Crippen LogP contribution in [0.25, 0.3) is 0 Å². The highest BCUT2D eigenvalue weighted by Gasteiger charge is 2.32. The van der Waals surface area contributed by atoms with Gasteiger partial charge in [0.25, 0.3) is 0 Å². The van der Waals surface area contributed by atoms with Gasteiger partial charge in [-0.25, -0.2) is 4.39 Å². The van der Waals surface area contributed by atoms with Crippen LogP contribution in [-0.4, -0.2) is 42.9 Å². The maximum atomic E-state index is 13.7. The molecule has 4 rings (SSSR count). The fourth-order valence-corrected chi connectivity index (χ4v) is 4.71. The molecule has 5 nitrogen and oxygen atoms in total. The number of benzene rings is 3. The number of aliphatic hydroxyl groups excluding tert-OH is 1. The molecule has 0 amide bonds. The smallest absolute Gasteiger partial charge is 0.123 e. The van der Waals surface area contributed by atoms with Crippen LogP contribution in [0.2, 0.25) is 5.02 Å². The number of hydrogen-bond acceptors (Lipinski definition) is 5. The summed E-state index contributed by atoms with van der Waals surface area (Å²) in [7, 11) is 0. The lowest BCUT2D eigenvalue weighted by Crippen LogP contribution is -2.49. The number of hydrogen-bond donors (Lipinski definition) is 1. The number of nitrogens with zero attached hydrogens (tertiary/aromatic N) is 3. The van der Waals surface area contributed by atoms with Crippen LogP contribution in [0.5, 0.6) is 5.75 Å². The van der Waals surface area contributed by atoms with E-state index in [1.54, 1.807) is 6.07 Å². The molecule has 1 aliphatic heterocycles. The standard InChI is InChI=1S/C27H27ClFN3O2/c1-19(21-4-2-20(17-30)3-5-21)31-12-13-32(27(18-31)22-6-8-23(29)9-7-22)26-11-10-24(16-25(26)28)34-15-14-33/h2-11,16,19,27,33H,12-15,18H2,1H3/t19-,27+/m1/s1. The highest BCUT2D eigenvalue weighted by Crippen LogP contribution is 2.38. The highest BCUT2D eigenvalue weighted by molar-refractivity contribution is 6.33. The van der Waals surface area contributed by atoms with E-state index in [-0.39, 0.29) is 31.1 Å². The van der Waals surface area contributed by atoms with E-state index in [1.807, 2.05) is 48.5 Å². The predicted molar refractivity (Wildman–Crippen MR) is 132 cm³/mol. The van der Waals surface area contributed by atoms with Crippen molar-refractivity contribution < 1.29 is 14.2 Å². The molecule has 1 saturated heterocycles. The molecule has 0 unspecified atom stereocenters. The third-order valence-electron chi connectivity index (χ3n) is 6.33. The monoisotopic (exact) mass is 479 g/mol. The second-order valence-electron chi connectivity index (χ2n) is 8.35. The molecule has 3 aromatic rings. The largest absolute Gasteiger partial charge is 0.491 e. The lowest BCUT2D eigenvalue weighted by atomic mass is 9.98. The zero-order valence-corrected chi connectivity index (χ0v) is 19.8. The summed E-state index contributed by atoms with van der Waals surface area (Å²) >= 11 is 6.66. The zero-order chi connectivity index (χ0) is 24.1. The normalized spacial score (nSPS) is 17.3. The molecule has 34 heavy (non-hydrogen) atoms. The Kier molecular flexibility index (Phi) is 7.69. The second kappa shape index (κ2) is 10.9. The predicted octanol–water partition coefficient (Wildman–Crippen LogP) is 5.35. The molecule has 0 spiro atoms. The summed E-state index contributed by atoms with van der Waals surface area (Å²) in [5.74, 6) is 0.339.